The summed E-state index contributed by atoms with van der Waals surface area (Å²) in [4.78, 5) is 14.2. The van der Waals surface area contributed by atoms with Crippen LogP contribution < -0.4 is 0 Å². The van der Waals surface area contributed by atoms with Crippen LogP contribution in [0.15, 0.2) is 16.8 Å². The van der Waals surface area contributed by atoms with Crippen molar-refractivity contribution in [3.05, 3.63) is 22.4 Å². The number of nitrogens with zero attached hydrogens (tertiary/aromatic N) is 3. The van der Waals surface area contributed by atoms with Crippen molar-refractivity contribution >= 4 is 27.5 Å². The van der Waals surface area contributed by atoms with Crippen molar-refractivity contribution < 1.29 is 13.2 Å². The normalized spacial score (nSPS) is 26.5. The van der Waals surface area contributed by atoms with Crippen LogP contribution in [-0.4, -0.2) is 68.1 Å². The number of fused-ring (bicyclic) bond motifs is 1. The lowest BCUT2D eigenvalue weighted by Gasteiger charge is -2.23. The molecule has 6 nitrogen and oxygen atoms in total. The molecule has 0 radical (unpaired) electrons. The van der Waals surface area contributed by atoms with E-state index in [1.807, 2.05) is 21.7 Å². The smallest absolute Gasteiger partial charge is 0.281 e. The van der Waals surface area contributed by atoms with Crippen LogP contribution >= 0.6 is 11.3 Å². The van der Waals surface area contributed by atoms with E-state index in [1.165, 1.54) is 19.9 Å². The topological polar surface area (TPSA) is 60.9 Å². The number of amides is 1. The van der Waals surface area contributed by atoms with Crippen molar-refractivity contribution in [3.63, 3.8) is 0 Å². The third-order valence-electron chi connectivity index (χ3n) is 4.30. The van der Waals surface area contributed by atoms with Gasteiger partial charge in [-0.1, -0.05) is 0 Å². The summed E-state index contributed by atoms with van der Waals surface area (Å²) in [6, 6.07) is 1.84. The van der Waals surface area contributed by atoms with Gasteiger partial charge in [0, 0.05) is 45.7 Å². The number of carbonyl (C=O) groups excluding carboxylic acids is 1. The third kappa shape index (κ3) is 2.61. The molecule has 116 valence electrons. The number of rotatable bonds is 3. The van der Waals surface area contributed by atoms with Gasteiger partial charge in [-0.3, -0.25) is 4.79 Å². The molecule has 3 heterocycles. The molecule has 0 bridgehead atoms. The van der Waals surface area contributed by atoms with E-state index >= 15 is 0 Å². The van der Waals surface area contributed by atoms with E-state index in [2.05, 4.69) is 0 Å². The van der Waals surface area contributed by atoms with Gasteiger partial charge in [0.25, 0.3) is 16.1 Å². The SMILES string of the molecule is CN(C)S(=O)(=O)N1CC2CN(C(=O)c3ccsc3)CC2C1. The summed E-state index contributed by atoms with van der Waals surface area (Å²) < 4.78 is 27.1. The molecule has 2 fully saturated rings. The summed E-state index contributed by atoms with van der Waals surface area (Å²) in [5.41, 5.74) is 0.734. The first-order valence-electron chi connectivity index (χ1n) is 6.88. The van der Waals surface area contributed by atoms with Crippen molar-refractivity contribution in [2.75, 3.05) is 40.3 Å². The largest absolute Gasteiger partial charge is 0.338 e. The van der Waals surface area contributed by atoms with Crippen molar-refractivity contribution in [2.24, 2.45) is 11.8 Å². The quantitative estimate of drug-likeness (QED) is 0.814. The minimum absolute atomic E-state index is 0.0627. The summed E-state index contributed by atoms with van der Waals surface area (Å²) >= 11 is 1.51. The lowest BCUT2D eigenvalue weighted by Crippen LogP contribution is -2.41. The molecule has 2 unspecified atom stereocenters. The predicted molar refractivity (Wildman–Crippen MR) is 81.4 cm³/mol. The maximum Gasteiger partial charge on any atom is 0.281 e. The predicted octanol–water partition coefficient (Wildman–Crippen LogP) is 0.558. The molecular formula is C13H19N3O3S2. The Labute approximate surface area is 129 Å². The lowest BCUT2D eigenvalue weighted by atomic mass is 10.0. The van der Waals surface area contributed by atoms with E-state index in [9.17, 15) is 13.2 Å². The lowest BCUT2D eigenvalue weighted by molar-refractivity contribution is 0.0779. The fourth-order valence-corrected chi connectivity index (χ4v) is 4.96. The second-order valence-electron chi connectivity index (χ2n) is 5.85. The van der Waals surface area contributed by atoms with Gasteiger partial charge in [-0.15, -0.1) is 0 Å². The highest BCUT2D eigenvalue weighted by atomic mass is 32.2. The first-order valence-corrected chi connectivity index (χ1v) is 9.22. The minimum Gasteiger partial charge on any atom is -0.338 e. The van der Waals surface area contributed by atoms with Gasteiger partial charge in [0.15, 0.2) is 0 Å². The Kier molecular flexibility index (Phi) is 3.81. The van der Waals surface area contributed by atoms with Crippen LogP contribution in [0.3, 0.4) is 0 Å². The van der Waals surface area contributed by atoms with Gasteiger partial charge < -0.3 is 4.90 Å². The molecule has 0 N–H and O–H groups in total. The molecule has 2 aliphatic rings. The van der Waals surface area contributed by atoms with Crippen LogP contribution in [0.25, 0.3) is 0 Å². The summed E-state index contributed by atoms with van der Waals surface area (Å²) in [7, 11) is -0.232. The molecule has 1 aromatic heterocycles. The molecule has 2 aliphatic heterocycles. The Morgan fingerprint density at radius 1 is 1.24 bits per heavy atom. The van der Waals surface area contributed by atoms with E-state index in [-0.39, 0.29) is 17.7 Å². The maximum absolute atomic E-state index is 12.3. The standard InChI is InChI=1S/C13H19N3O3S2/c1-14(2)21(18,19)16-7-11-5-15(6-12(11)8-16)13(17)10-3-4-20-9-10/h3-4,9,11-12H,5-8H2,1-2H3. The highest BCUT2D eigenvalue weighted by molar-refractivity contribution is 7.86. The van der Waals surface area contributed by atoms with Gasteiger partial charge in [-0.05, 0) is 23.3 Å². The van der Waals surface area contributed by atoms with Crippen LogP contribution in [0.2, 0.25) is 0 Å². The Hall–Kier alpha value is -0.960. The van der Waals surface area contributed by atoms with Gasteiger partial charge in [-0.25, -0.2) is 0 Å². The van der Waals surface area contributed by atoms with Crippen molar-refractivity contribution in [1.29, 1.82) is 0 Å². The Morgan fingerprint density at radius 2 is 1.86 bits per heavy atom. The highest BCUT2D eigenvalue weighted by Crippen LogP contribution is 2.33. The molecule has 8 heteroatoms. The molecule has 21 heavy (non-hydrogen) atoms. The second-order valence-corrected chi connectivity index (χ2v) is 8.77. The summed E-state index contributed by atoms with van der Waals surface area (Å²) in [6.45, 7) is 2.33. The zero-order valence-electron chi connectivity index (χ0n) is 12.1. The fourth-order valence-electron chi connectivity index (χ4n) is 3.10. The Bertz CT molecular complexity index is 613. The average molecular weight is 329 g/mol. The van der Waals surface area contributed by atoms with E-state index in [0.717, 1.165) is 5.56 Å². The number of hydrogen-bond acceptors (Lipinski definition) is 4. The maximum atomic E-state index is 12.3. The number of thiophene rings is 1. The highest BCUT2D eigenvalue weighted by Gasteiger charge is 2.45. The molecule has 0 saturated carbocycles. The van der Waals surface area contributed by atoms with Crippen LogP contribution in [0.5, 0.6) is 0 Å². The monoisotopic (exact) mass is 329 g/mol. The summed E-state index contributed by atoms with van der Waals surface area (Å²) in [5, 5.41) is 3.76. The van der Waals surface area contributed by atoms with E-state index in [1.54, 1.807) is 14.1 Å². The van der Waals surface area contributed by atoms with Crippen LogP contribution in [0, 0.1) is 11.8 Å². The van der Waals surface area contributed by atoms with Gasteiger partial charge in [-0.2, -0.15) is 28.4 Å². The molecule has 1 aromatic rings. The summed E-state index contributed by atoms with van der Waals surface area (Å²) in [5.74, 6) is 0.567. The molecule has 1 amide bonds. The van der Waals surface area contributed by atoms with Gasteiger partial charge in [0.2, 0.25) is 0 Å². The number of likely N-dealkylation sites (tertiary alicyclic amines) is 1. The summed E-state index contributed by atoms with van der Waals surface area (Å²) in [6.07, 6.45) is 0. The van der Waals surface area contributed by atoms with E-state index < -0.39 is 10.2 Å². The molecule has 0 aromatic carbocycles. The Balaban J connectivity index is 1.66. The van der Waals surface area contributed by atoms with E-state index in [4.69, 9.17) is 0 Å². The minimum atomic E-state index is -3.33. The van der Waals surface area contributed by atoms with Gasteiger partial charge in [0.1, 0.15) is 0 Å². The van der Waals surface area contributed by atoms with Crippen LogP contribution in [0.1, 0.15) is 10.4 Å². The second kappa shape index (κ2) is 5.35. The van der Waals surface area contributed by atoms with Crippen molar-refractivity contribution in [2.45, 2.75) is 0 Å². The zero-order chi connectivity index (χ0) is 15.2. The van der Waals surface area contributed by atoms with Crippen LogP contribution in [-0.2, 0) is 10.2 Å². The molecular weight excluding hydrogens is 310 g/mol. The number of carbonyl (C=O) groups is 1. The third-order valence-corrected chi connectivity index (χ3v) is 6.85. The molecule has 2 atom stereocenters. The fraction of sp³-hybridized carbons (Fsp3) is 0.615. The molecule has 2 saturated heterocycles. The zero-order valence-corrected chi connectivity index (χ0v) is 13.7. The first-order chi connectivity index (χ1) is 9.89. The molecule has 3 rings (SSSR count). The first kappa shape index (κ1) is 15.0. The van der Waals surface area contributed by atoms with Gasteiger partial charge in [0.05, 0.1) is 5.56 Å². The van der Waals surface area contributed by atoms with Crippen molar-refractivity contribution in [1.82, 2.24) is 13.5 Å². The van der Waals surface area contributed by atoms with Crippen LogP contribution in [0.4, 0.5) is 0 Å². The average Bonchev–Trinajstić information content (AvgIpc) is 3.12. The Morgan fingerprint density at radius 3 is 2.33 bits per heavy atom. The number of hydrogen-bond donors (Lipinski definition) is 0. The molecule has 0 aliphatic carbocycles. The molecule has 0 spiro atoms. The van der Waals surface area contributed by atoms with Crippen molar-refractivity contribution in [3.8, 4) is 0 Å². The van der Waals surface area contributed by atoms with Gasteiger partial charge >= 0.3 is 0 Å². The van der Waals surface area contributed by atoms with E-state index in [0.29, 0.717) is 26.2 Å².